The number of nitrogens with zero attached hydrogens (tertiary/aromatic N) is 4. The molecule has 0 fully saturated rings. The molecule has 6 aliphatic rings. The van der Waals surface area contributed by atoms with Crippen molar-refractivity contribution in [3.63, 3.8) is 0 Å². The van der Waals surface area contributed by atoms with Gasteiger partial charge in [0.25, 0.3) is 0 Å². The Morgan fingerprint density at radius 1 is 0.980 bits per heavy atom. The molecule has 7 rings (SSSR count). The highest BCUT2D eigenvalue weighted by atomic mass is 19.4. The fraction of sp³-hybridized carbons (Fsp3) is 0.488. The molecule has 3 atom stereocenters. The van der Waals surface area contributed by atoms with E-state index in [9.17, 15) is 13.2 Å². The third-order valence-electron chi connectivity index (χ3n) is 12.6. The minimum absolute atomic E-state index is 0.0625. The summed E-state index contributed by atoms with van der Waals surface area (Å²) < 4.78 is 58.8. The highest BCUT2D eigenvalue weighted by Gasteiger charge is 2.62. The molecule has 0 spiro atoms. The van der Waals surface area contributed by atoms with Crippen LogP contribution in [0.1, 0.15) is 102 Å². The van der Waals surface area contributed by atoms with E-state index in [1.165, 1.54) is 16.7 Å². The van der Waals surface area contributed by atoms with Crippen LogP contribution < -0.4 is 0 Å². The van der Waals surface area contributed by atoms with Crippen molar-refractivity contribution in [1.29, 1.82) is 0 Å². The fourth-order valence-corrected chi connectivity index (χ4v) is 9.83. The smallest absolute Gasteiger partial charge is 0.350 e. The molecule has 1 aromatic carbocycles. The van der Waals surface area contributed by atoms with E-state index in [-0.39, 0.29) is 23.6 Å². The molecule has 4 aliphatic heterocycles. The lowest BCUT2D eigenvalue weighted by molar-refractivity contribution is -0.0601. The van der Waals surface area contributed by atoms with Gasteiger partial charge >= 0.3 is 6.18 Å². The van der Waals surface area contributed by atoms with Crippen molar-refractivity contribution in [1.82, 2.24) is 14.8 Å². The number of alkyl halides is 3. The lowest BCUT2D eigenvalue weighted by Crippen LogP contribution is -2.64. The molecule has 0 N–H and O–H groups in total. The first-order valence-corrected chi connectivity index (χ1v) is 18.0. The summed E-state index contributed by atoms with van der Waals surface area (Å²) in [5.74, 6) is -0.239. The van der Waals surface area contributed by atoms with E-state index in [0.717, 1.165) is 54.5 Å². The number of unbranched alkanes of at least 4 members (excludes halogenated alkanes) is 1. The molecule has 1 aromatic rings. The number of allylic oxidation sites excluding steroid dienone is 9. The van der Waals surface area contributed by atoms with Crippen LogP contribution in [-0.4, -0.2) is 45.8 Å². The number of hydrogen-bond donors (Lipinski definition) is 0. The molecule has 4 heterocycles. The molecule has 0 bridgehead atoms. The Morgan fingerprint density at radius 2 is 1.76 bits per heavy atom. The summed E-state index contributed by atoms with van der Waals surface area (Å²) in [6, 6.07) is 4.46. The van der Waals surface area contributed by atoms with Crippen molar-refractivity contribution in [3.8, 4) is 0 Å². The van der Waals surface area contributed by atoms with Crippen molar-refractivity contribution in [2.24, 2.45) is 16.4 Å². The van der Waals surface area contributed by atoms with Crippen LogP contribution in [0, 0.1) is 11.3 Å². The minimum Gasteiger partial charge on any atom is -0.350 e. The number of hydrazone groups is 1. The number of benzene rings is 1. The summed E-state index contributed by atoms with van der Waals surface area (Å²) >= 11 is 0. The van der Waals surface area contributed by atoms with Gasteiger partial charge < -0.3 is 9.80 Å². The standard InChI is InChI=1S/C41H48F4N4/c1-8-11-14-26-16-17-28-34-27(26)20-23-48-37(34)35-29(18-19-30(42)36(35)38(28,4)5)39(6,9-2)40(48,10-3)21-24-49-32(25-33(46-49)41(43,44)45)31-15-12-13-22-47(31)7/h12-13,15-20,22-23,29H,8-11,14,21,24-25H2,1-7H3. The Kier molecular flexibility index (Phi) is 7.99. The van der Waals surface area contributed by atoms with Gasteiger partial charge in [0.1, 0.15) is 11.5 Å². The Morgan fingerprint density at radius 3 is 2.43 bits per heavy atom. The van der Waals surface area contributed by atoms with E-state index >= 15 is 4.39 Å². The van der Waals surface area contributed by atoms with E-state index < -0.39 is 22.8 Å². The summed E-state index contributed by atoms with van der Waals surface area (Å²) in [6.07, 6.45) is 16.2. The van der Waals surface area contributed by atoms with Crippen molar-refractivity contribution in [2.75, 3.05) is 13.6 Å². The monoisotopic (exact) mass is 672 g/mol. The van der Waals surface area contributed by atoms with Crippen LogP contribution in [-0.2, 0) is 11.8 Å². The van der Waals surface area contributed by atoms with Gasteiger partial charge in [-0.1, -0.05) is 72.2 Å². The van der Waals surface area contributed by atoms with Gasteiger partial charge in [-0.15, -0.1) is 0 Å². The van der Waals surface area contributed by atoms with Gasteiger partial charge in [-0.05, 0) is 78.7 Å². The number of halogens is 4. The first kappa shape index (κ1) is 33.7. The molecule has 0 aromatic heterocycles. The molecule has 3 unspecified atom stereocenters. The molecule has 0 saturated heterocycles. The molecule has 49 heavy (non-hydrogen) atoms. The van der Waals surface area contributed by atoms with E-state index in [0.29, 0.717) is 24.4 Å². The molecule has 0 saturated carbocycles. The Hall–Kier alpha value is -3.81. The maximum atomic E-state index is 16.3. The zero-order chi connectivity index (χ0) is 35.1. The summed E-state index contributed by atoms with van der Waals surface area (Å²) in [4.78, 5) is 4.29. The minimum atomic E-state index is -4.52. The van der Waals surface area contributed by atoms with E-state index in [1.54, 1.807) is 11.1 Å². The predicted octanol–water partition coefficient (Wildman–Crippen LogP) is 10.5. The van der Waals surface area contributed by atoms with Crippen LogP contribution in [0.4, 0.5) is 17.6 Å². The molecule has 2 aliphatic carbocycles. The largest absolute Gasteiger partial charge is 0.431 e. The van der Waals surface area contributed by atoms with Crippen LogP contribution >= 0.6 is 0 Å². The topological polar surface area (TPSA) is 22.1 Å². The summed E-state index contributed by atoms with van der Waals surface area (Å²) in [7, 11) is 1.86. The zero-order valence-corrected chi connectivity index (χ0v) is 29.8. The van der Waals surface area contributed by atoms with Crippen LogP contribution in [0.25, 0.3) is 11.8 Å². The third kappa shape index (κ3) is 4.71. The average Bonchev–Trinajstić information content (AvgIpc) is 3.51. The molecule has 0 amide bonds. The molecule has 4 nitrogen and oxygen atoms in total. The Balaban J connectivity index is 1.41. The first-order valence-electron chi connectivity index (χ1n) is 18.0. The highest BCUT2D eigenvalue weighted by Crippen LogP contribution is 2.66. The van der Waals surface area contributed by atoms with Crippen molar-refractivity contribution in [2.45, 2.75) is 104 Å². The van der Waals surface area contributed by atoms with Gasteiger partial charge in [-0.25, -0.2) is 4.39 Å². The fourth-order valence-electron chi connectivity index (χ4n) is 9.83. The van der Waals surface area contributed by atoms with Crippen LogP contribution in [0.2, 0.25) is 0 Å². The van der Waals surface area contributed by atoms with Gasteiger partial charge in [0.15, 0.2) is 0 Å². The van der Waals surface area contributed by atoms with Crippen molar-refractivity contribution < 1.29 is 17.6 Å². The molecular formula is C41H48F4N4. The average molecular weight is 673 g/mol. The van der Waals surface area contributed by atoms with Crippen molar-refractivity contribution in [3.05, 3.63) is 106 Å². The van der Waals surface area contributed by atoms with Crippen LogP contribution in [0.5, 0.6) is 0 Å². The van der Waals surface area contributed by atoms with Gasteiger partial charge in [0.2, 0.25) is 0 Å². The normalized spacial score (nSPS) is 29.4. The van der Waals surface area contributed by atoms with Gasteiger partial charge in [-0.3, -0.25) is 5.01 Å². The highest BCUT2D eigenvalue weighted by molar-refractivity contribution is 5.93. The van der Waals surface area contributed by atoms with Gasteiger partial charge in [-0.2, -0.15) is 18.3 Å². The predicted molar refractivity (Wildman–Crippen MR) is 191 cm³/mol. The van der Waals surface area contributed by atoms with Crippen LogP contribution in [0.15, 0.2) is 88.4 Å². The SMILES string of the molecule is CCCCc1ccc2c3c1C=CN1C3=C3C(=C(F)C=CC3C(C)(CC)C1(CC)CCN1N=C(C(F)(F)F)CC1=C1C=CC=CN1C)C2(C)C. The van der Waals surface area contributed by atoms with Crippen LogP contribution in [0.3, 0.4) is 0 Å². The molecule has 260 valence electrons. The lowest BCUT2D eigenvalue weighted by Gasteiger charge is -2.65. The maximum Gasteiger partial charge on any atom is 0.431 e. The second-order valence-electron chi connectivity index (χ2n) is 15.2. The number of hydrogen-bond acceptors (Lipinski definition) is 4. The third-order valence-corrected chi connectivity index (χ3v) is 12.6. The van der Waals surface area contributed by atoms with Crippen molar-refractivity contribution >= 4 is 17.5 Å². The Labute approximate surface area is 288 Å². The number of likely N-dealkylation sites (N-methyl/N-ethyl adjacent to an activating group) is 1. The quantitative estimate of drug-likeness (QED) is 0.257. The molecular weight excluding hydrogens is 624 g/mol. The lowest BCUT2D eigenvalue weighted by atomic mass is 9.49. The maximum absolute atomic E-state index is 16.3. The van der Waals surface area contributed by atoms with E-state index in [4.69, 9.17) is 0 Å². The second kappa shape index (κ2) is 11.6. The summed E-state index contributed by atoms with van der Waals surface area (Å²) in [5, 5.41) is 5.86. The molecule has 0 radical (unpaired) electrons. The number of aryl methyl sites for hydroxylation is 1. The number of rotatable bonds is 8. The summed E-state index contributed by atoms with van der Waals surface area (Å²) in [6.45, 7) is 13.6. The van der Waals surface area contributed by atoms with E-state index in [1.807, 2.05) is 36.4 Å². The second-order valence-corrected chi connectivity index (χ2v) is 15.2. The van der Waals surface area contributed by atoms with Gasteiger partial charge in [0, 0.05) is 60.3 Å². The van der Waals surface area contributed by atoms with Gasteiger partial charge in [0.05, 0.1) is 22.6 Å². The summed E-state index contributed by atoms with van der Waals surface area (Å²) in [5.41, 5.74) is 6.89. The molecule has 8 heteroatoms. The first-order chi connectivity index (χ1) is 23.2. The van der Waals surface area contributed by atoms with E-state index in [2.05, 4.69) is 82.0 Å². The zero-order valence-electron chi connectivity index (χ0n) is 29.8. The Bertz CT molecular complexity index is 1830.